The van der Waals surface area contributed by atoms with Crippen LogP contribution in [0.15, 0.2) is 0 Å². The van der Waals surface area contributed by atoms with E-state index in [9.17, 15) is 0 Å². The van der Waals surface area contributed by atoms with Crippen LogP contribution in [0.1, 0.15) is 39.0 Å². The van der Waals surface area contributed by atoms with Crippen molar-refractivity contribution in [2.75, 3.05) is 7.11 Å². The summed E-state index contributed by atoms with van der Waals surface area (Å²) in [4.78, 5) is 0. The fourth-order valence-corrected chi connectivity index (χ4v) is 2.54. The molecule has 0 spiro atoms. The highest BCUT2D eigenvalue weighted by Crippen LogP contribution is 2.42. The average molecular weight is 170 g/mol. The predicted molar refractivity (Wildman–Crippen MR) is 46.9 cm³/mol. The first-order valence-corrected chi connectivity index (χ1v) is 4.96. The van der Waals surface area contributed by atoms with Gasteiger partial charge >= 0.3 is 0 Å². The second kappa shape index (κ2) is 3.00. The monoisotopic (exact) mass is 170 g/mol. The van der Waals surface area contributed by atoms with Gasteiger partial charge in [-0.3, -0.25) is 0 Å². The molecule has 1 saturated carbocycles. The highest BCUT2D eigenvalue weighted by atomic mass is 16.7. The topological polar surface area (TPSA) is 18.5 Å². The molecule has 0 aromatic rings. The first-order chi connectivity index (χ1) is 5.73. The van der Waals surface area contributed by atoms with Gasteiger partial charge in [-0.25, -0.2) is 0 Å². The molecule has 0 aromatic heterocycles. The zero-order valence-corrected chi connectivity index (χ0v) is 8.01. The van der Waals surface area contributed by atoms with E-state index >= 15 is 0 Å². The highest BCUT2D eigenvalue weighted by Gasteiger charge is 2.43. The number of ether oxygens (including phenoxy) is 2. The molecule has 2 nitrogen and oxygen atoms in total. The summed E-state index contributed by atoms with van der Waals surface area (Å²) < 4.78 is 11.2. The van der Waals surface area contributed by atoms with Crippen molar-refractivity contribution < 1.29 is 9.47 Å². The predicted octanol–water partition coefficient (Wildman–Crippen LogP) is 2.33. The van der Waals surface area contributed by atoms with E-state index < -0.39 is 0 Å². The first-order valence-electron chi connectivity index (χ1n) is 4.96. The van der Waals surface area contributed by atoms with Gasteiger partial charge in [-0.1, -0.05) is 12.8 Å². The van der Waals surface area contributed by atoms with Crippen molar-refractivity contribution in [3.8, 4) is 0 Å². The zero-order valence-electron chi connectivity index (χ0n) is 8.01. The number of hydrogen-bond donors (Lipinski definition) is 0. The molecule has 2 fully saturated rings. The van der Waals surface area contributed by atoms with Gasteiger partial charge in [0.15, 0.2) is 5.79 Å². The van der Waals surface area contributed by atoms with E-state index in [0.717, 1.165) is 12.3 Å². The minimum atomic E-state index is -0.278. The van der Waals surface area contributed by atoms with Gasteiger partial charge in [0.25, 0.3) is 0 Å². The normalized spacial score (nSPS) is 47.5. The van der Waals surface area contributed by atoms with Crippen molar-refractivity contribution in [2.24, 2.45) is 5.92 Å². The molecule has 1 saturated heterocycles. The fourth-order valence-electron chi connectivity index (χ4n) is 2.54. The molecule has 2 rings (SSSR count). The summed E-state index contributed by atoms with van der Waals surface area (Å²) in [6.07, 6.45) is 6.87. The largest absolute Gasteiger partial charge is 0.353 e. The lowest BCUT2D eigenvalue weighted by Crippen LogP contribution is -2.27. The molecular weight excluding hydrogens is 152 g/mol. The highest BCUT2D eigenvalue weighted by molar-refractivity contribution is 4.87. The third-order valence-corrected chi connectivity index (χ3v) is 3.30. The van der Waals surface area contributed by atoms with E-state index in [1.54, 1.807) is 7.11 Å². The first kappa shape index (κ1) is 8.52. The summed E-state index contributed by atoms with van der Waals surface area (Å²) >= 11 is 0. The van der Waals surface area contributed by atoms with Gasteiger partial charge in [0, 0.05) is 13.5 Å². The van der Waals surface area contributed by atoms with E-state index in [-0.39, 0.29) is 5.79 Å². The molecule has 1 heterocycles. The minimum absolute atomic E-state index is 0.278. The second-order valence-corrected chi connectivity index (χ2v) is 4.24. The van der Waals surface area contributed by atoms with Gasteiger partial charge < -0.3 is 9.47 Å². The Kier molecular flexibility index (Phi) is 2.13. The molecule has 70 valence electrons. The quantitative estimate of drug-likeness (QED) is 0.601. The van der Waals surface area contributed by atoms with Crippen molar-refractivity contribution in [1.82, 2.24) is 0 Å². The third-order valence-electron chi connectivity index (χ3n) is 3.30. The van der Waals surface area contributed by atoms with Gasteiger partial charge in [0.05, 0.1) is 6.10 Å². The van der Waals surface area contributed by atoms with Crippen molar-refractivity contribution in [2.45, 2.75) is 50.9 Å². The molecule has 0 N–H and O–H groups in total. The molecule has 0 radical (unpaired) electrons. The van der Waals surface area contributed by atoms with Crippen LogP contribution in [-0.4, -0.2) is 19.0 Å². The zero-order chi connectivity index (χ0) is 8.60. The Balaban J connectivity index is 2.02. The average Bonchev–Trinajstić information content (AvgIpc) is 2.42. The van der Waals surface area contributed by atoms with Crippen LogP contribution in [0.4, 0.5) is 0 Å². The van der Waals surface area contributed by atoms with Crippen LogP contribution in [0, 0.1) is 5.92 Å². The summed E-state index contributed by atoms with van der Waals surface area (Å²) in [6, 6.07) is 0. The Hall–Kier alpha value is -0.0800. The van der Waals surface area contributed by atoms with Crippen LogP contribution in [0.3, 0.4) is 0 Å². The lowest BCUT2D eigenvalue weighted by molar-refractivity contribution is -0.200. The summed E-state index contributed by atoms with van der Waals surface area (Å²) in [5.74, 6) is 0.489. The van der Waals surface area contributed by atoms with E-state index in [2.05, 4.69) is 6.92 Å². The number of rotatable bonds is 1. The minimum Gasteiger partial charge on any atom is -0.353 e. The third kappa shape index (κ3) is 1.38. The van der Waals surface area contributed by atoms with Crippen LogP contribution < -0.4 is 0 Å². The SMILES string of the molecule is COC1(C)C[C@H]2CCCC[C@H]2O1. The van der Waals surface area contributed by atoms with E-state index in [0.29, 0.717) is 6.10 Å². The summed E-state index contributed by atoms with van der Waals surface area (Å²) in [6.45, 7) is 2.06. The Morgan fingerprint density at radius 3 is 2.75 bits per heavy atom. The standard InChI is InChI=1S/C10H18O2/c1-10(11-2)7-8-5-3-4-6-9(8)12-10/h8-9H,3-7H2,1-2H3/t8-,9-,10?/m1/s1. The number of fused-ring (bicyclic) bond motifs is 1. The molecule has 2 heteroatoms. The Bertz CT molecular complexity index is 153. The smallest absolute Gasteiger partial charge is 0.165 e. The van der Waals surface area contributed by atoms with Crippen LogP contribution in [-0.2, 0) is 9.47 Å². The number of hydrogen-bond acceptors (Lipinski definition) is 2. The molecule has 0 bridgehead atoms. The Labute approximate surface area is 74.2 Å². The lowest BCUT2D eigenvalue weighted by Gasteiger charge is -2.24. The van der Waals surface area contributed by atoms with Crippen molar-refractivity contribution in [3.05, 3.63) is 0 Å². The van der Waals surface area contributed by atoms with E-state index in [1.807, 2.05) is 0 Å². The fraction of sp³-hybridized carbons (Fsp3) is 1.00. The van der Waals surface area contributed by atoms with Crippen LogP contribution in [0.2, 0.25) is 0 Å². The summed E-state index contributed by atoms with van der Waals surface area (Å²) in [5, 5.41) is 0. The van der Waals surface area contributed by atoms with Crippen LogP contribution in [0.5, 0.6) is 0 Å². The molecule has 0 aromatic carbocycles. The Morgan fingerprint density at radius 2 is 2.08 bits per heavy atom. The van der Waals surface area contributed by atoms with Gasteiger partial charge in [-0.15, -0.1) is 0 Å². The van der Waals surface area contributed by atoms with E-state index in [1.165, 1.54) is 25.7 Å². The van der Waals surface area contributed by atoms with Gasteiger partial charge in [0.2, 0.25) is 0 Å². The summed E-state index contributed by atoms with van der Waals surface area (Å²) in [5.41, 5.74) is 0. The molecule has 1 aliphatic carbocycles. The second-order valence-electron chi connectivity index (χ2n) is 4.24. The van der Waals surface area contributed by atoms with Gasteiger partial charge in [-0.05, 0) is 25.7 Å². The molecule has 1 unspecified atom stereocenters. The molecule has 12 heavy (non-hydrogen) atoms. The number of methoxy groups -OCH3 is 1. The summed E-state index contributed by atoms with van der Waals surface area (Å²) in [7, 11) is 1.75. The Morgan fingerprint density at radius 1 is 1.33 bits per heavy atom. The molecule has 2 aliphatic rings. The maximum Gasteiger partial charge on any atom is 0.165 e. The van der Waals surface area contributed by atoms with Gasteiger partial charge in [0.1, 0.15) is 0 Å². The molecule has 1 aliphatic heterocycles. The molecule has 0 amide bonds. The van der Waals surface area contributed by atoms with Crippen molar-refractivity contribution in [3.63, 3.8) is 0 Å². The van der Waals surface area contributed by atoms with Crippen molar-refractivity contribution in [1.29, 1.82) is 0 Å². The van der Waals surface area contributed by atoms with Gasteiger partial charge in [-0.2, -0.15) is 0 Å². The van der Waals surface area contributed by atoms with Crippen molar-refractivity contribution >= 4 is 0 Å². The molecular formula is C10H18O2. The van der Waals surface area contributed by atoms with Crippen LogP contribution >= 0.6 is 0 Å². The van der Waals surface area contributed by atoms with E-state index in [4.69, 9.17) is 9.47 Å². The maximum atomic E-state index is 5.88. The lowest BCUT2D eigenvalue weighted by atomic mass is 9.85. The maximum absolute atomic E-state index is 5.88. The molecule has 3 atom stereocenters. The van der Waals surface area contributed by atoms with Crippen LogP contribution in [0.25, 0.3) is 0 Å².